The van der Waals surface area contributed by atoms with Gasteiger partial charge < -0.3 is 19.1 Å². The van der Waals surface area contributed by atoms with Gasteiger partial charge >= 0.3 is 0 Å². The van der Waals surface area contributed by atoms with Gasteiger partial charge in [0.05, 0.1) is 13.7 Å². The van der Waals surface area contributed by atoms with Crippen LogP contribution in [-0.2, 0) is 17.6 Å². The fraction of sp³-hybridized carbons (Fsp3) is 0.429. The van der Waals surface area contributed by atoms with Crippen LogP contribution >= 0.6 is 0 Å². The molecule has 0 aromatic heterocycles. The second kappa shape index (κ2) is 8.88. The van der Waals surface area contributed by atoms with Gasteiger partial charge in [-0.3, -0.25) is 0 Å². The number of nitrogens with zero attached hydrogens (tertiary/aromatic N) is 1. The van der Waals surface area contributed by atoms with Gasteiger partial charge in [-0.15, -0.1) is 0 Å². The van der Waals surface area contributed by atoms with Crippen molar-refractivity contribution in [2.24, 2.45) is 0 Å². The molecular weight excluding hydrogens is 314 g/mol. The second-order valence-electron chi connectivity index (χ2n) is 6.53. The van der Waals surface area contributed by atoms with Crippen molar-refractivity contribution in [2.75, 3.05) is 40.5 Å². The maximum absolute atomic E-state index is 6.08. The molecule has 0 amide bonds. The van der Waals surface area contributed by atoms with Gasteiger partial charge in [-0.05, 0) is 49.2 Å². The minimum Gasteiger partial charge on any atom is -0.497 e. The molecule has 0 spiro atoms. The van der Waals surface area contributed by atoms with Crippen LogP contribution in [0.4, 0.5) is 0 Å². The van der Waals surface area contributed by atoms with E-state index in [-0.39, 0.29) is 6.10 Å². The standard InChI is InChI=1S/C21H27NO3/c1-22-12-13-24-20(15-22)16-25-21-9-4-3-7-18(21)11-10-17-6-5-8-19(14-17)23-2/h3-9,14,20H,10-13,15-16H2,1-2H3/t20-/m1/s1. The molecule has 1 atom stereocenters. The number of benzene rings is 2. The first kappa shape index (κ1) is 17.8. The summed E-state index contributed by atoms with van der Waals surface area (Å²) >= 11 is 0. The molecule has 1 fully saturated rings. The van der Waals surface area contributed by atoms with Crippen molar-refractivity contribution >= 4 is 0 Å². The van der Waals surface area contributed by atoms with Gasteiger partial charge in [0.2, 0.25) is 0 Å². The number of ether oxygens (including phenoxy) is 3. The topological polar surface area (TPSA) is 30.9 Å². The monoisotopic (exact) mass is 341 g/mol. The molecule has 0 saturated carbocycles. The number of hydrogen-bond acceptors (Lipinski definition) is 4. The van der Waals surface area contributed by atoms with Crippen LogP contribution in [0.5, 0.6) is 11.5 Å². The Balaban J connectivity index is 1.58. The first-order valence-corrected chi connectivity index (χ1v) is 8.88. The van der Waals surface area contributed by atoms with Crippen molar-refractivity contribution in [1.29, 1.82) is 0 Å². The summed E-state index contributed by atoms with van der Waals surface area (Å²) in [7, 11) is 3.82. The second-order valence-corrected chi connectivity index (χ2v) is 6.53. The van der Waals surface area contributed by atoms with Crippen LogP contribution < -0.4 is 9.47 Å². The van der Waals surface area contributed by atoms with E-state index in [9.17, 15) is 0 Å². The van der Waals surface area contributed by atoms with Crippen LogP contribution in [0.15, 0.2) is 48.5 Å². The third-order valence-electron chi connectivity index (χ3n) is 4.56. The Morgan fingerprint density at radius 2 is 2.00 bits per heavy atom. The summed E-state index contributed by atoms with van der Waals surface area (Å²) in [6.45, 7) is 3.29. The van der Waals surface area contributed by atoms with Gasteiger partial charge in [-0.25, -0.2) is 0 Å². The first-order chi connectivity index (χ1) is 12.2. The average molecular weight is 341 g/mol. The van der Waals surface area contributed by atoms with Gasteiger partial charge in [0.25, 0.3) is 0 Å². The molecule has 4 nitrogen and oxygen atoms in total. The van der Waals surface area contributed by atoms with Crippen molar-refractivity contribution < 1.29 is 14.2 Å². The minimum atomic E-state index is 0.144. The van der Waals surface area contributed by atoms with Gasteiger partial charge in [0.15, 0.2) is 0 Å². The number of morpholine rings is 1. The van der Waals surface area contributed by atoms with E-state index in [0.717, 1.165) is 44.0 Å². The Kier molecular flexibility index (Phi) is 6.31. The summed E-state index contributed by atoms with van der Waals surface area (Å²) in [5.41, 5.74) is 2.50. The Bertz CT molecular complexity index is 674. The summed E-state index contributed by atoms with van der Waals surface area (Å²) in [5.74, 6) is 1.86. The summed E-state index contributed by atoms with van der Waals surface area (Å²) in [4.78, 5) is 2.28. The molecule has 4 heteroatoms. The van der Waals surface area contributed by atoms with E-state index >= 15 is 0 Å². The zero-order valence-corrected chi connectivity index (χ0v) is 15.1. The molecule has 0 radical (unpaired) electrons. The zero-order chi connectivity index (χ0) is 17.5. The molecule has 0 unspecified atom stereocenters. The number of rotatable bonds is 7. The Hall–Kier alpha value is -2.04. The SMILES string of the molecule is COc1cccc(CCc2ccccc2OC[C@H]2CN(C)CCO2)c1. The Morgan fingerprint density at radius 3 is 2.84 bits per heavy atom. The highest BCUT2D eigenvalue weighted by Gasteiger charge is 2.18. The van der Waals surface area contributed by atoms with Gasteiger partial charge in [0.1, 0.15) is 24.2 Å². The average Bonchev–Trinajstić information content (AvgIpc) is 2.65. The molecule has 1 aliphatic heterocycles. The number of methoxy groups -OCH3 is 1. The quantitative estimate of drug-likeness (QED) is 0.774. The smallest absolute Gasteiger partial charge is 0.122 e. The van der Waals surface area contributed by atoms with Crippen LogP contribution in [0.1, 0.15) is 11.1 Å². The maximum Gasteiger partial charge on any atom is 0.122 e. The lowest BCUT2D eigenvalue weighted by Crippen LogP contribution is -2.42. The highest BCUT2D eigenvalue weighted by molar-refractivity contribution is 5.35. The van der Waals surface area contributed by atoms with E-state index in [4.69, 9.17) is 14.2 Å². The predicted octanol–water partition coefficient (Wildman–Crippen LogP) is 3.19. The first-order valence-electron chi connectivity index (χ1n) is 8.88. The van der Waals surface area contributed by atoms with Gasteiger partial charge in [-0.1, -0.05) is 30.3 Å². The van der Waals surface area contributed by atoms with E-state index in [1.807, 2.05) is 24.3 Å². The van der Waals surface area contributed by atoms with Crippen molar-refractivity contribution in [3.8, 4) is 11.5 Å². The summed E-state index contributed by atoms with van der Waals surface area (Å²) < 4.78 is 17.2. The lowest BCUT2D eigenvalue weighted by Gasteiger charge is -2.30. The van der Waals surface area contributed by atoms with Crippen LogP contribution in [0.2, 0.25) is 0 Å². The lowest BCUT2D eigenvalue weighted by molar-refractivity contribution is -0.0404. The third kappa shape index (κ3) is 5.21. The van der Waals surface area contributed by atoms with Crippen molar-refractivity contribution in [3.63, 3.8) is 0 Å². The van der Waals surface area contributed by atoms with Crippen LogP contribution in [0.3, 0.4) is 0 Å². The van der Waals surface area contributed by atoms with Crippen molar-refractivity contribution in [3.05, 3.63) is 59.7 Å². The molecule has 3 rings (SSSR count). The number of para-hydroxylation sites is 1. The lowest BCUT2D eigenvalue weighted by atomic mass is 10.0. The van der Waals surface area contributed by atoms with Crippen molar-refractivity contribution in [2.45, 2.75) is 18.9 Å². The number of aryl methyl sites for hydroxylation is 2. The zero-order valence-electron chi connectivity index (χ0n) is 15.1. The van der Waals surface area contributed by atoms with Crippen LogP contribution in [0, 0.1) is 0 Å². The molecule has 2 aromatic rings. The van der Waals surface area contributed by atoms with Crippen LogP contribution in [0.25, 0.3) is 0 Å². The predicted molar refractivity (Wildman–Crippen MR) is 99.6 cm³/mol. The minimum absolute atomic E-state index is 0.144. The number of likely N-dealkylation sites (N-methyl/N-ethyl adjacent to an activating group) is 1. The molecule has 0 bridgehead atoms. The maximum atomic E-state index is 6.08. The Morgan fingerprint density at radius 1 is 1.12 bits per heavy atom. The molecule has 2 aromatic carbocycles. The molecule has 0 aliphatic carbocycles. The van der Waals surface area contributed by atoms with E-state index < -0.39 is 0 Å². The largest absolute Gasteiger partial charge is 0.497 e. The molecule has 134 valence electrons. The van der Waals surface area contributed by atoms with E-state index in [1.54, 1.807) is 7.11 Å². The summed E-state index contributed by atoms with van der Waals surface area (Å²) in [6.07, 6.45) is 2.04. The molecule has 1 aliphatic rings. The fourth-order valence-corrected chi connectivity index (χ4v) is 3.11. The van der Waals surface area contributed by atoms with Gasteiger partial charge in [0, 0.05) is 13.1 Å². The third-order valence-corrected chi connectivity index (χ3v) is 4.56. The fourth-order valence-electron chi connectivity index (χ4n) is 3.11. The molecule has 0 N–H and O–H groups in total. The van der Waals surface area contributed by atoms with Crippen molar-refractivity contribution in [1.82, 2.24) is 4.90 Å². The molecule has 1 heterocycles. The van der Waals surface area contributed by atoms with E-state index in [0.29, 0.717) is 6.61 Å². The normalized spacial score (nSPS) is 18.1. The number of hydrogen-bond donors (Lipinski definition) is 0. The Labute approximate surface area is 150 Å². The summed E-state index contributed by atoms with van der Waals surface area (Å²) in [5, 5.41) is 0. The van der Waals surface area contributed by atoms with Crippen LogP contribution in [-0.4, -0.2) is 51.5 Å². The summed E-state index contributed by atoms with van der Waals surface area (Å²) in [6, 6.07) is 16.5. The molecule has 25 heavy (non-hydrogen) atoms. The molecular formula is C21H27NO3. The van der Waals surface area contributed by atoms with E-state index in [1.165, 1.54) is 11.1 Å². The van der Waals surface area contributed by atoms with E-state index in [2.05, 4.69) is 36.2 Å². The molecule has 1 saturated heterocycles. The van der Waals surface area contributed by atoms with Gasteiger partial charge in [-0.2, -0.15) is 0 Å². The highest BCUT2D eigenvalue weighted by Crippen LogP contribution is 2.22. The highest BCUT2D eigenvalue weighted by atomic mass is 16.5.